The second-order valence-corrected chi connectivity index (χ2v) is 23.6. The van der Waals surface area contributed by atoms with Gasteiger partial charge in [0.25, 0.3) is 0 Å². The molecule has 4 heteroatoms. The van der Waals surface area contributed by atoms with Crippen LogP contribution in [-0.4, -0.2) is 9.52 Å². The van der Waals surface area contributed by atoms with Crippen LogP contribution in [0.5, 0.6) is 0 Å². The Kier molecular flexibility index (Phi) is 21.0. The molecule has 0 saturated heterocycles. The van der Waals surface area contributed by atoms with E-state index in [1.807, 2.05) is 0 Å². The molecule has 2 radical (unpaired) electrons. The third-order valence-electron chi connectivity index (χ3n) is 12.3. The molecule has 342 valence electrons. The van der Waals surface area contributed by atoms with Gasteiger partial charge in [-0.3, -0.25) is 0 Å². The van der Waals surface area contributed by atoms with Crippen molar-refractivity contribution in [3.63, 3.8) is 0 Å². The number of rotatable bonds is 12. The van der Waals surface area contributed by atoms with Gasteiger partial charge in [-0.05, 0) is 92.1 Å². The molecular weight excluding hydrogens is 935 g/mol. The number of hydrogen-bond donors (Lipinski definition) is 0. The SMILES string of the molecule is CCCc1cc2c(-c3cc(C(C)C)cc(C(C)C)c3)c(-c3ccccc3)ccc2[cH-]1.CCCc1cc2c(-c3cc(C(C)C)cc(C(C)C)c3)c(-c3ccccc3)ccc2[cH-]1.C[Si]C.[Cl][Zr+2][Cl]. The summed E-state index contributed by atoms with van der Waals surface area (Å²) < 4.78 is 0. The van der Waals surface area contributed by atoms with E-state index in [1.54, 1.807) is 0 Å². The maximum atomic E-state index is 4.93. The van der Waals surface area contributed by atoms with Crippen LogP contribution >= 0.6 is 17.0 Å². The fourth-order valence-electron chi connectivity index (χ4n) is 8.87. The van der Waals surface area contributed by atoms with Gasteiger partial charge in [0, 0.05) is 9.52 Å². The van der Waals surface area contributed by atoms with E-state index < -0.39 is 20.8 Å². The quantitative estimate of drug-likeness (QED) is 0.0845. The summed E-state index contributed by atoms with van der Waals surface area (Å²) in [5, 5.41) is 5.48. The Morgan fingerprint density at radius 2 is 0.742 bits per heavy atom. The third kappa shape index (κ3) is 13.7. The van der Waals surface area contributed by atoms with Gasteiger partial charge in [0.2, 0.25) is 0 Å². The van der Waals surface area contributed by atoms with Crippen LogP contribution < -0.4 is 0 Å². The van der Waals surface area contributed by atoms with E-state index in [9.17, 15) is 0 Å². The fraction of sp³-hybridized carbons (Fsp3) is 0.323. The van der Waals surface area contributed by atoms with Gasteiger partial charge < -0.3 is 0 Å². The Balaban J connectivity index is 0.000000221. The minimum atomic E-state index is -0.826. The Morgan fingerprint density at radius 3 is 1.02 bits per heavy atom. The predicted octanol–water partition coefficient (Wildman–Crippen LogP) is 20.3. The molecule has 0 nitrogen and oxygen atoms in total. The summed E-state index contributed by atoms with van der Waals surface area (Å²) in [5.41, 5.74) is 19.3. The van der Waals surface area contributed by atoms with Gasteiger partial charge in [0.15, 0.2) is 0 Å². The van der Waals surface area contributed by atoms with Crippen molar-refractivity contribution in [1.29, 1.82) is 0 Å². The topological polar surface area (TPSA) is 0 Å². The van der Waals surface area contributed by atoms with Gasteiger partial charge in [0.1, 0.15) is 0 Å². The molecule has 0 heterocycles. The first-order valence-corrected chi connectivity index (χ1v) is 32.5. The second kappa shape index (κ2) is 26.1. The Morgan fingerprint density at radius 1 is 0.439 bits per heavy atom. The molecule has 0 saturated carbocycles. The summed E-state index contributed by atoms with van der Waals surface area (Å²) in [7, 11) is 11.0. The number of fused-ring (bicyclic) bond motifs is 2. The first kappa shape index (κ1) is 53.2. The molecular formula is C62H72Cl2SiZr. The summed E-state index contributed by atoms with van der Waals surface area (Å²) in [6.45, 7) is 27.2. The van der Waals surface area contributed by atoms with Crippen LogP contribution in [0.1, 0.15) is 139 Å². The van der Waals surface area contributed by atoms with E-state index in [2.05, 4.69) is 228 Å². The van der Waals surface area contributed by atoms with Crippen LogP contribution in [0.25, 0.3) is 66.1 Å². The van der Waals surface area contributed by atoms with Crippen LogP contribution in [0, 0.1) is 0 Å². The number of aryl methyl sites for hydroxylation is 2. The molecule has 8 aromatic carbocycles. The zero-order valence-corrected chi connectivity index (χ0v) is 46.7. The molecule has 0 aliphatic carbocycles. The Bertz CT molecular complexity index is 2480. The van der Waals surface area contributed by atoms with E-state index in [4.69, 9.17) is 17.0 Å². The molecule has 0 fully saturated rings. The normalized spacial score (nSPS) is 11.1. The van der Waals surface area contributed by atoms with Crippen LogP contribution in [0.15, 0.2) is 146 Å². The van der Waals surface area contributed by atoms with Crippen molar-refractivity contribution in [2.75, 3.05) is 0 Å². The van der Waals surface area contributed by atoms with Crippen molar-refractivity contribution in [2.45, 2.75) is 132 Å². The first-order valence-electron chi connectivity index (χ1n) is 24.2. The molecule has 0 bridgehead atoms. The van der Waals surface area contributed by atoms with Crippen molar-refractivity contribution in [3.05, 3.63) is 179 Å². The summed E-state index contributed by atoms with van der Waals surface area (Å²) in [4.78, 5) is 0. The Labute approximate surface area is 420 Å². The van der Waals surface area contributed by atoms with Crippen molar-refractivity contribution in [2.24, 2.45) is 0 Å². The van der Waals surface area contributed by atoms with Crippen LogP contribution in [0.3, 0.4) is 0 Å². The van der Waals surface area contributed by atoms with E-state index in [1.165, 1.54) is 112 Å². The zero-order chi connectivity index (χ0) is 47.9. The van der Waals surface area contributed by atoms with Gasteiger partial charge in [-0.15, -0.1) is 56.9 Å². The maximum absolute atomic E-state index is 4.93. The van der Waals surface area contributed by atoms with Crippen molar-refractivity contribution >= 4 is 48.1 Å². The predicted molar refractivity (Wildman–Crippen MR) is 294 cm³/mol. The zero-order valence-electron chi connectivity index (χ0n) is 41.8. The Hall–Kier alpha value is -3.78. The number of benzene rings is 6. The van der Waals surface area contributed by atoms with Crippen molar-refractivity contribution in [1.82, 2.24) is 0 Å². The van der Waals surface area contributed by atoms with E-state index in [0.29, 0.717) is 23.7 Å². The molecule has 8 aromatic rings. The van der Waals surface area contributed by atoms with Crippen LogP contribution in [0.4, 0.5) is 0 Å². The molecule has 0 amide bonds. The van der Waals surface area contributed by atoms with Gasteiger partial charge in [-0.1, -0.05) is 215 Å². The molecule has 0 aliphatic heterocycles. The van der Waals surface area contributed by atoms with Gasteiger partial charge in [0.05, 0.1) is 0 Å². The van der Waals surface area contributed by atoms with E-state index >= 15 is 0 Å². The van der Waals surface area contributed by atoms with Crippen LogP contribution in [0.2, 0.25) is 13.1 Å². The molecule has 0 atom stereocenters. The third-order valence-corrected chi connectivity index (χ3v) is 12.3. The van der Waals surface area contributed by atoms with Gasteiger partial charge >= 0.3 is 37.9 Å². The van der Waals surface area contributed by atoms with Gasteiger partial charge in [-0.25, -0.2) is 0 Å². The molecule has 0 spiro atoms. The van der Waals surface area contributed by atoms with E-state index in [-0.39, 0.29) is 0 Å². The van der Waals surface area contributed by atoms with E-state index in [0.717, 1.165) is 22.4 Å². The molecule has 0 aromatic heterocycles. The summed E-state index contributed by atoms with van der Waals surface area (Å²) in [6.07, 6.45) is 4.63. The summed E-state index contributed by atoms with van der Waals surface area (Å²) >= 11 is -0.826. The molecule has 66 heavy (non-hydrogen) atoms. The average Bonchev–Trinajstić information content (AvgIpc) is 3.93. The molecule has 0 unspecified atom stereocenters. The molecule has 0 N–H and O–H groups in total. The monoisotopic (exact) mass is 1000 g/mol. The molecule has 8 rings (SSSR count). The summed E-state index contributed by atoms with van der Waals surface area (Å²) in [6, 6.07) is 55.0. The second-order valence-electron chi connectivity index (χ2n) is 18.9. The summed E-state index contributed by atoms with van der Waals surface area (Å²) in [5.74, 6) is 2.04. The number of halogens is 2. The first-order chi connectivity index (χ1) is 31.8. The standard InChI is InChI=1S/2C30H33.C2H6Si.2ClH.Zr/c2*1-6-10-22-15-24-13-14-28(23-11-8-7-9-12-23)30(29(24)16-22)27-18-25(20(2)3)17-26(19-27)21(4)5;1-3-2;;;/h2*7-9,11-21H,6,10H2,1-5H3;1-2H3;2*1H;/q2*-1;;;;+4/p-2. The minimum absolute atomic E-state index is 0.511. The number of hydrogen-bond acceptors (Lipinski definition) is 0. The van der Waals surface area contributed by atoms with Crippen LogP contribution in [-0.2, 0) is 33.7 Å². The average molecular weight is 1010 g/mol. The molecule has 0 aliphatic rings. The fourth-order valence-corrected chi connectivity index (χ4v) is 8.87. The van der Waals surface area contributed by atoms with Gasteiger partial charge in [-0.2, -0.15) is 12.1 Å². The van der Waals surface area contributed by atoms with Crippen molar-refractivity contribution in [3.8, 4) is 44.5 Å². The van der Waals surface area contributed by atoms with Crippen molar-refractivity contribution < 1.29 is 20.8 Å².